The number of aliphatic carboxylic acids is 1. The molecule has 0 radical (unpaired) electrons. The maximum absolute atomic E-state index is 12.1. The first-order valence-electron chi connectivity index (χ1n) is 5.84. The Bertz CT molecular complexity index is 522. The van der Waals surface area contributed by atoms with E-state index in [1.807, 2.05) is 0 Å². The van der Waals surface area contributed by atoms with Gasteiger partial charge in [0.1, 0.15) is 0 Å². The number of amides is 1. The molecule has 0 saturated carbocycles. The fourth-order valence-corrected chi connectivity index (χ4v) is 2.08. The lowest BCUT2D eigenvalue weighted by molar-refractivity contribution is -0.141. The summed E-state index contributed by atoms with van der Waals surface area (Å²) in [6.45, 7) is 0.616. The second-order valence-corrected chi connectivity index (χ2v) is 4.46. The van der Waals surface area contributed by atoms with Crippen LogP contribution in [0.3, 0.4) is 0 Å². The molecule has 1 heterocycles. The topological polar surface area (TPSA) is 94.9 Å². The van der Waals surface area contributed by atoms with Crippen molar-refractivity contribution in [1.29, 1.82) is 0 Å². The summed E-state index contributed by atoms with van der Waals surface area (Å²) in [7, 11) is 0. The number of rotatable bonds is 3. The molecule has 1 amide bonds. The van der Waals surface area contributed by atoms with E-state index in [9.17, 15) is 14.4 Å². The molecule has 0 aromatic heterocycles. The summed E-state index contributed by atoms with van der Waals surface area (Å²) in [4.78, 5) is 35.1. The van der Waals surface area contributed by atoms with Crippen LogP contribution in [0.4, 0.5) is 0 Å². The second-order valence-electron chi connectivity index (χ2n) is 4.46. The van der Waals surface area contributed by atoms with Gasteiger partial charge in [0.05, 0.1) is 11.5 Å². The van der Waals surface area contributed by atoms with Gasteiger partial charge >= 0.3 is 11.9 Å². The standard InChI is InChI=1S/C13H13NO5/c15-11(14-6-5-10(7-14)13(18)19)8-1-3-9(4-2-8)12(16)17/h1-4,10H,5-7H2,(H,16,17)(H,18,19). The van der Waals surface area contributed by atoms with Crippen LogP contribution in [-0.2, 0) is 4.79 Å². The van der Waals surface area contributed by atoms with E-state index in [1.54, 1.807) is 0 Å². The molecule has 0 aliphatic carbocycles. The number of hydrogen-bond acceptors (Lipinski definition) is 3. The summed E-state index contributed by atoms with van der Waals surface area (Å²) in [6, 6.07) is 5.61. The van der Waals surface area contributed by atoms with Gasteiger partial charge in [-0.25, -0.2) is 4.79 Å². The molecule has 1 fully saturated rings. The van der Waals surface area contributed by atoms with E-state index in [0.717, 1.165) is 0 Å². The molecule has 1 aliphatic heterocycles. The van der Waals surface area contributed by atoms with Crippen LogP contribution in [0.25, 0.3) is 0 Å². The monoisotopic (exact) mass is 263 g/mol. The third kappa shape index (κ3) is 2.73. The van der Waals surface area contributed by atoms with Crippen LogP contribution in [0.1, 0.15) is 27.1 Å². The Morgan fingerprint density at radius 3 is 2.11 bits per heavy atom. The van der Waals surface area contributed by atoms with Crippen molar-refractivity contribution in [3.63, 3.8) is 0 Å². The van der Waals surface area contributed by atoms with Gasteiger partial charge in [-0.05, 0) is 30.7 Å². The molecule has 1 saturated heterocycles. The quantitative estimate of drug-likeness (QED) is 0.846. The predicted octanol–water partition coefficient (Wildman–Crippen LogP) is 0.931. The number of aromatic carboxylic acids is 1. The smallest absolute Gasteiger partial charge is 0.335 e. The first kappa shape index (κ1) is 13.1. The maximum atomic E-state index is 12.1. The Morgan fingerprint density at radius 2 is 1.63 bits per heavy atom. The lowest BCUT2D eigenvalue weighted by atomic mass is 10.1. The summed E-state index contributed by atoms with van der Waals surface area (Å²) in [5.41, 5.74) is 0.484. The number of hydrogen-bond donors (Lipinski definition) is 2. The van der Waals surface area contributed by atoms with Crippen LogP contribution in [0.5, 0.6) is 0 Å². The highest BCUT2D eigenvalue weighted by Crippen LogP contribution is 2.19. The molecule has 19 heavy (non-hydrogen) atoms. The molecule has 6 nitrogen and oxygen atoms in total. The van der Waals surface area contributed by atoms with E-state index in [0.29, 0.717) is 18.5 Å². The molecular formula is C13H13NO5. The highest BCUT2D eigenvalue weighted by molar-refractivity contribution is 5.96. The van der Waals surface area contributed by atoms with E-state index >= 15 is 0 Å². The van der Waals surface area contributed by atoms with Crippen molar-refractivity contribution in [1.82, 2.24) is 4.90 Å². The van der Waals surface area contributed by atoms with Gasteiger partial charge in [-0.2, -0.15) is 0 Å². The minimum atomic E-state index is -1.05. The van der Waals surface area contributed by atoms with Crippen LogP contribution in [0, 0.1) is 5.92 Å². The molecule has 1 unspecified atom stereocenters. The van der Waals surface area contributed by atoms with E-state index < -0.39 is 17.9 Å². The Morgan fingerprint density at radius 1 is 1.05 bits per heavy atom. The summed E-state index contributed by atoms with van der Waals surface area (Å²) in [6.07, 6.45) is 0.453. The van der Waals surface area contributed by atoms with Gasteiger partial charge in [0.15, 0.2) is 0 Å². The number of carbonyl (C=O) groups excluding carboxylic acids is 1. The van der Waals surface area contributed by atoms with Gasteiger partial charge < -0.3 is 15.1 Å². The largest absolute Gasteiger partial charge is 0.481 e. The first-order valence-corrected chi connectivity index (χ1v) is 5.84. The Hall–Kier alpha value is -2.37. The lowest BCUT2D eigenvalue weighted by Crippen LogP contribution is -2.29. The van der Waals surface area contributed by atoms with Gasteiger partial charge in [0.25, 0.3) is 5.91 Å². The van der Waals surface area contributed by atoms with E-state index in [4.69, 9.17) is 10.2 Å². The third-order valence-electron chi connectivity index (χ3n) is 3.20. The molecule has 1 aromatic carbocycles. The van der Waals surface area contributed by atoms with Crippen LogP contribution in [-0.4, -0.2) is 46.0 Å². The SMILES string of the molecule is O=C(O)c1ccc(C(=O)N2CCC(C(=O)O)C2)cc1. The zero-order chi connectivity index (χ0) is 14.0. The summed E-state index contributed by atoms with van der Waals surface area (Å²) < 4.78 is 0. The molecule has 1 aliphatic rings. The van der Waals surface area contributed by atoms with Crippen LogP contribution < -0.4 is 0 Å². The maximum Gasteiger partial charge on any atom is 0.335 e. The molecule has 1 aromatic rings. The van der Waals surface area contributed by atoms with Crippen molar-refractivity contribution in [2.24, 2.45) is 5.92 Å². The normalized spacial score (nSPS) is 18.3. The zero-order valence-corrected chi connectivity index (χ0v) is 10.1. The van der Waals surface area contributed by atoms with Crippen molar-refractivity contribution in [2.45, 2.75) is 6.42 Å². The molecule has 100 valence electrons. The van der Waals surface area contributed by atoms with Gasteiger partial charge in [0.2, 0.25) is 0 Å². The summed E-state index contributed by atoms with van der Waals surface area (Å²) >= 11 is 0. The van der Waals surface area contributed by atoms with Crippen molar-refractivity contribution in [3.8, 4) is 0 Å². The molecule has 6 heteroatoms. The molecular weight excluding hydrogens is 250 g/mol. The van der Waals surface area contributed by atoms with Gasteiger partial charge in [-0.1, -0.05) is 0 Å². The number of likely N-dealkylation sites (tertiary alicyclic amines) is 1. The number of nitrogens with zero attached hydrogens (tertiary/aromatic N) is 1. The van der Waals surface area contributed by atoms with E-state index in [-0.39, 0.29) is 18.0 Å². The van der Waals surface area contributed by atoms with Crippen molar-refractivity contribution in [2.75, 3.05) is 13.1 Å². The van der Waals surface area contributed by atoms with Crippen molar-refractivity contribution >= 4 is 17.8 Å². The van der Waals surface area contributed by atoms with Gasteiger partial charge in [0, 0.05) is 18.7 Å². The van der Waals surface area contributed by atoms with Gasteiger partial charge in [-0.3, -0.25) is 9.59 Å². The van der Waals surface area contributed by atoms with Crippen molar-refractivity contribution in [3.05, 3.63) is 35.4 Å². The Kier molecular flexibility index (Phi) is 3.50. The average Bonchev–Trinajstić information content (AvgIpc) is 2.87. The zero-order valence-electron chi connectivity index (χ0n) is 10.1. The Balaban J connectivity index is 2.08. The molecule has 1 atom stereocenters. The van der Waals surface area contributed by atoms with Gasteiger partial charge in [-0.15, -0.1) is 0 Å². The fourth-order valence-electron chi connectivity index (χ4n) is 2.08. The predicted molar refractivity (Wildman–Crippen MR) is 65.0 cm³/mol. The van der Waals surface area contributed by atoms with Crippen LogP contribution in [0.2, 0.25) is 0 Å². The first-order chi connectivity index (χ1) is 8.99. The van der Waals surface area contributed by atoms with Crippen LogP contribution in [0.15, 0.2) is 24.3 Å². The number of benzene rings is 1. The third-order valence-corrected chi connectivity index (χ3v) is 3.20. The van der Waals surface area contributed by atoms with E-state index in [1.165, 1.54) is 29.2 Å². The van der Waals surface area contributed by atoms with Crippen molar-refractivity contribution < 1.29 is 24.6 Å². The number of carboxylic acid groups (broad SMARTS) is 2. The minimum Gasteiger partial charge on any atom is -0.481 e. The Labute approximate surface area is 109 Å². The second kappa shape index (κ2) is 5.09. The molecule has 2 N–H and O–H groups in total. The number of carboxylic acids is 2. The summed E-state index contributed by atoms with van der Waals surface area (Å²) in [5, 5.41) is 17.6. The molecule has 0 spiro atoms. The number of carbonyl (C=O) groups is 3. The van der Waals surface area contributed by atoms with Crippen LogP contribution >= 0.6 is 0 Å². The summed E-state index contributed by atoms with van der Waals surface area (Å²) in [5.74, 6) is -2.72. The minimum absolute atomic E-state index is 0.112. The fraction of sp³-hybridized carbons (Fsp3) is 0.308. The molecule has 2 rings (SSSR count). The lowest BCUT2D eigenvalue weighted by Gasteiger charge is -2.15. The molecule has 0 bridgehead atoms. The highest BCUT2D eigenvalue weighted by atomic mass is 16.4. The average molecular weight is 263 g/mol. The highest BCUT2D eigenvalue weighted by Gasteiger charge is 2.31. The van der Waals surface area contributed by atoms with E-state index in [2.05, 4.69) is 0 Å².